The number of rotatable bonds is 6. The molecule has 1 fully saturated rings. The quantitative estimate of drug-likeness (QED) is 0.570. The maximum Gasteiger partial charge on any atom is 0.221 e. The molecule has 0 radical (unpaired) electrons. The van der Waals surface area contributed by atoms with E-state index in [1.165, 1.54) is 19.1 Å². The number of carbonyl (C=O) groups is 1. The molecule has 8 heteroatoms. The van der Waals surface area contributed by atoms with Crippen molar-refractivity contribution in [3.63, 3.8) is 0 Å². The molecule has 0 aliphatic carbocycles. The highest BCUT2D eigenvalue weighted by atomic mass is 35.5. The third-order valence-corrected chi connectivity index (χ3v) is 6.24. The summed E-state index contributed by atoms with van der Waals surface area (Å²) in [4.78, 5) is 13.6. The summed E-state index contributed by atoms with van der Waals surface area (Å²) in [5.41, 5.74) is 0.300. The molecule has 3 N–H and O–H groups in total. The van der Waals surface area contributed by atoms with Crippen molar-refractivity contribution in [3.8, 4) is 17.2 Å². The molecule has 0 bridgehead atoms. The summed E-state index contributed by atoms with van der Waals surface area (Å²) in [5.74, 6) is 1.01. The number of ether oxygens (including phenoxy) is 2. The number of benzene rings is 2. The van der Waals surface area contributed by atoms with Crippen LogP contribution in [0.25, 0.3) is 0 Å². The van der Waals surface area contributed by atoms with Gasteiger partial charge in [0.05, 0.1) is 5.69 Å². The molecule has 2 aromatic carbocycles. The lowest BCUT2D eigenvalue weighted by atomic mass is 9.86. The molecule has 2 aromatic rings. The first-order valence-corrected chi connectivity index (χ1v) is 11.2. The molecule has 0 saturated carbocycles. The normalized spacial score (nSPS) is 19.1. The number of fused-ring (bicyclic) bond motifs is 1. The summed E-state index contributed by atoms with van der Waals surface area (Å²) in [6, 6.07) is 10.2. The zero-order valence-electron chi connectivity index (χ0n) is 18.4. The third-order valence-electron chi connectivity index (χ3n) is 6.01. The highest BCUT2D eigenvalue weighted by molar-refractivity contribution is 6.30. The van der Waals surface area contributed by atoms with Crippen molar-refractivity contribution in [2.24, 2.45) is 0 Å². The lowest BCUT2D eigenvalue weighted by molar-refractivity contribution is -0.114. The van der Waals surface area contributed by atoms with Crippen molar-refractivity contribution in [1.29, 1.82) is 0 Å². The van der Waals surface area contributed by atoms with E-state index >= 15 is 0 Å². The molecule has 1 spiro atoms. The Kier molecular flexibility index (Phi) is 6.25. The van der Waals surface area contributed by atoms with E-state index in [9.17, 15) is 15.0 Å². The number of amides is 1. The van der Waals surface area contributed by atoms with E-state index in [0.29, 0.717) is 18.0 Å². The molecule has 1 saturated heterocycles. The summed E-state index contributed by atoms with van der Waals surface area (Å²) in [6.45, 7) is 5.20. The fourth-order valence-corrected chi connectivity index (χ4v) is 4.68. The molecule has 0 aromatic heterocycles. The number of aliphatic hydroxyl groups is 1. The van der Waals surface area contributed by atoms with Gasteiger partial charge in [0.2, 0.25) is 5.91 Å². The first kappa shape index (κ1) is 22.7. The minimum atomic E-state index is -1.11. The van der Waals surface area contributed by atoms with Gasteiger partial charge in [-0.1, -0.05) is 11.6 Å². The molecule has 2 aliphatic heterocycles. The molecule has 2 aliphatic rings. The third kappa shape index (κ3) is 5.28. The van der Waals surface area contributed by atoms with Gasteiger partial charge in [0.25, 0.3) is 0 Å². The van der Waals surface area contributed by atoms with Crippen LogP contribution in [-0.2, 0) is 11.2 Å². The Labute approximate surface area is 192 Å². The lowest BCUT2D eigenvalue weighted by Gasteiger charge is -2.41. The molecule has 2 heterocycles. The summed E-state index contributed by atoms with van der Waals surface area (Å²) in [6.07, 6.45) is 2.60. The molecule has 32 heavy (non-hydrogen) atoms. The number of halogens is 1. The Balaban J connectivity index is 1.32. The minimum Gasteiger partial charge on any atom is -0.508 e. The van der Waals surface area contributed by atoms with Gasteiger partial charge in [0, 0.05) is 56.9 Å². The number of hydrogen-bond donors (Lipinski definition) is 3. The SMILES string of the molecule is CC(=O)Nc1ccc(O)cc1OC[C@@](C)(O)CN1CCC2(CC1)Cc1cc(Cl)ccc1O2. The molecule has 172 valence electrons. The number of carbonyl (C=O) groups excluding carboxylic acids is 1. The van der Waals surface area contributed by atoms with E-state index in [1.807, 2.05) is 18.2 Å². The predicted molar refractivity (Wildman–Crippen MR) is 123 cm³/mol. The number of anilines is 1. The molecule has 1 amide bonds. The number of likely N-dealkylation sites (tertiary alicyclic amines) is 1. The first-order chi connectivity index (χ1) is 15.1. The van der Waals surface area contributed by atoms with Gasteiger partial charge in [-0.05, 0) is 42.8 Å². The number of nitrogens with zero attached hydrogens (tertiary/aromatic N) is 1. The average Bonchev–Trinajstić information content (AvgIpc) is 3.06. The topological polar surface area (TPSA) is 91.3 Å². The summed E-state index contributed by atoms with van der Waals surface area (Å²) in [5, 5.41) is 24.1. The number of β-amino-alcohol motifs (C(OH)–C–C–N with tert-alkyl or cyclic N) is 1. The number of aromatic hydroxyl groups is 1. The molecular weight excluding hydrogens is 432 g/mol. The van der Waals surface area contributed by atoms with Gasteiger partial charge in [0.15, 0.2) is 0 Å². The summed E-state index contributed by atoms with van der Waals surface area (Å²) >= 11 is 6.13. The van der Waals surface area contributed by atoms with Crippen LogP contribution in [0.15, 0.2) is 36.4 Å². The molecule has 0 unspecified atom stereocenters. The van der Waals surface area contributed by atoms with E-state index in [-0.39, 0.29) is 23.9 Å². The molecular formula is C24H29ClN2O5. The zero-order valence-corrected chi connectivity index (χ0v) is 19.1. The van der Waals surface area contributed by atoms with E-state index in [4.69, 9.17) is 21.1 Å². The maximum atomic E-state index is 11.4. The van der Waals surface area contributed by atoms with E-state index in [1.54, 1.807) is 13.0 Å². The number of piperidine rings is 1. The van der Waals surface area contributed by atoms with Crippen LogP contribution in [0.2, 0.25) is 5.02 Å². The fourth-order valence-electron chi connectivity index (χ4n) is 4.48. The predicted octanol–water partition coefficient (Wildman–Crippen LogP) is 3.60. The van der Waals surface area contributed by atoms with Crippen molar-refractivity contribution in [3.05, 3.63) is 47.0 Å². The Hall–Kier alpha value is -2.48. The fraction of sp³-hybridized carbons (Fsp3) is 0.458. The van der Waals surface area contributed by atoms with Crippen LogP contribution in [-0.4, -0.2) is 58.5 Å². The van der Waals surface area contributed by atoms with Gasteiger partial charge in [-0.25, -0.2) is 0 Å². The second kappa shape index (κ2) is 8.81. The van der Waals surface area contributed by atoms with Crippen LogP contribution in [0, 0.1) is 0 Å². The highest BCUT2D eigenvalue weighted by Crippen LogP contribution is 2.42. The van der Waals surface area contributed by atoms with Crippen molar-refractivity contribution in [2.45, 2.75) is 44.3 Å². The van der Waals surface area contributed by atoms with Crippen LogP contribution in [0.3, 0.4) is 0 Å². The Morgan fingerprint density at radius 2 is 2.03 bits per heavy atom. The number of nitrogens with one attached hydrogen (secondary N) is 1. The van der Waals surface area contributed by atoms with Crippen LogP contribution >= 0.6 is 11.6 Å². The number of phenols is 1. The standard InChI is InChI=1S/C24H29ClN2O5/c1-16(28)26-20-5-4-19(29)12-22(20)31-15-23(2,30)14-27-9-7-24(8-10-27)13-17-11-18(25)3-6-21(17)32-24/h3-6,11-12,29-30H,7-10,13-15H2,1-2H3,(H,26,28)/t23-/m0/s1. The second-order valence-electron chi connectivity index (χ2n) is 9.14. The smallest absolute Gasteiger partial charge is 0.221 e. The van der Waals surface area contributed by atoms with Gasteiger partial charge < -0.3 is 29.9 Å². The van der Waals surface area contributed by atoms with E-state index < -0.39 is 5.60 Å². The van der Waals surface area contributed by atoms with Crippen LogP contribution < -0.4 is 14.8 Å². The van der Waals surface area contributed by atoms with E-state index in [0.717, 1.165) is 48.7 Å². The van der Waals surface area contributed by atoms with Crippen molar-refractivity contribution < 1.29 is 24.5 Å². The highest BCUT2D eigenvalue weighted by Gasteiger charge is 2.42. The maximum absolute atomic E-state index is 11.4. The van der Waals surface area contributed by atoms with Crippen molar-refractivity contribution >= 4 is 23.2 Å². The molecule has 7 nitrogen and oxygen atoms in total. The van der Waals surface area contributed by atoms with Crippen LogP contribution in [0.4, 0.5) is 5.69 Å². The molecule has 1 atom stereocenters. The monoisotopic (exact) mass is 460 g/mol. The first-order valence-electron chi connectivity index (χ1n) is 10.8. The van der Waals surface area contributed by atoms with Crippen molar-refractivity contribution in [1.82, 2.24) is 4.90 Å². The molecule has 4 rings (SSSR count). The van der Waals surface area contributed by atoms with Gasteiger partial charge >= 0.3 is 0 Å². The van der Waals surface area contributed by atoms with Gasteiger partial charge in [0.1, 0.15) is 35.1 Å². The Morgan fingerprint density at radius 1 is 1.28 bits per heavy atom. The summed E-state index contributed by atoms with van der Waals surface area (Å²) < 4.78 is 12.1. The Bertz CT molecular complexity index is 1000. The van der Waals surface area contributed by atoms with Crippen molar-refractivity contribution in [2.75, 3.05) is 31.6 Å². The van der Waals surface area contributed by atoms with Gasteiger partial charge in [-0.3, -0.25) is 4.79 Å². The summed E-state index contributed by atoms with van der Waals surface area (Å²) in [7, 11) is 0. The zero-order chi connectivity index (χ0) is 22.9. The average molecular weight is 461 g/mol. The van der Waals surface area contributed by atoms with Gasteiger partial charge in [-0.2, -0.15) is 0 Å². The van der Waals surface area contributed by atoms with E-state index in [2.05, 4.69) is 10.2 Å². The van der Waals surface area contributed by atoms with Gasteiger partial charge in [-0.15, -0.1) is 0 Å². The number of phenolic OH excluding ortho intramolecular Hbond substituents is 1. The lowest BCUT2D eigenvalue weighted by Crippen LogP contribution is -2.52. The second-order valence-corrected chi connectivity index (χ2v) is 9.57. The minimum absolute atomic E-state index is 0.0190. The largest absolute Gasteiger partial charge is 0.508 e. The van der Waals surface area contributed by atoms with Crippen LogP contribution in [0.1, 0.15) is 32.3 Å². The number of hydrogen-bond acceptors (Lipinski definition) is 6. The Morgan fingerprint density at radius 3 is 2.75 bits per heavy atom. The van der Waals surface area contributed by atoms with Crippen LogP contribution in [0.5, 0.6) is 17.2 Å².